The summed E-state index contributed by atoms with van der Waals surface area (Å²) in [6.45, 7) is 0.0487. The van der Waals surface area contributed by atoms with Crippen molar-refractivity contribution in [1.29, 1.82) is 0 Å². The first kappa shape index (κ1) is 15.7. The van der Waals surface area contributed by atoms with Gasteiger partial charge < -0.3 is 0 Å². The van der Waals surface area contributed by atoms with E-state index in [0.29, 0.717) is 0 Å². The van der Waals surface area contributed by atoms with Crippen LogP contribution in [0, 0.1) is 0 Å². The maximum absolute atomic E-state index is 11.1. The second-order valence-electron chi connectivity index (χ2n) is 5.49. The minimum absolute atomic E-state index is 0.0487. The molecule has 0 heterocycles. The van der Waals surface area contributed by atoms with Crippen LogP contribution < -0.4 is 0 Å². The van der Waals surface area contributed by atoms with E-state index in [9.17, 15) is 8.42 Å². The van der Waals surface area contributed by atoms with Crippen LogP contribution in [0.2, 0.25) is 0 Å². The highest BCUT2D eigenvalue weighted by molar-refractivity contribution is 7.85. The van der Waals surface area contributed by atoms with Gasteiger partial charge >= 0.3 is 0 Å². The quantitative estimate of drug-likeness (QED) is 0.633. The molecule has 0 radical (unpaired) electrons. The average molecular weight is 326 g/mol. The van der Waals surface area contributed by atoms with Crippen LogP contribution in [0.1, 0.15) is 28.2 Å². The lowest BCUT2D eigenvalue weighted by molar-refractivity contribution is 0.361. The van der Waals surface area contributed by atoms with Crippen LogP contribution in [0.15, 0.2) is 60.7 Å². The summed E-state index contributed by atoms with van der Waals surface area (Å²) in [4.78, 5) is 0. The Bertz CT molecular complexity index is 814. The summed E-state index contributed by atoms with van der Waals surface area (Å²) in [5.41, 5.74) is 4.73. The minimum atomic E-state index is -3.42. The molecule has 0 bridgehead atoms. The third kappa shape index (κ3) is 3.78. The van der Waals surface area contributed by atoms with E-state index >= 15 is 0 Å². The van der Waals surface area contributed by atoms with Crippen molar-refractivity contribution >= 4 is 22.3 Å². The van der Waals surface area contributed by atoms with Gasteiger partial charge in [-0.2, -0.15) is 8.42 Å². The fraction of sp³-hybridized carbons (Fsp3) is 0.158. The molecule has 3 rings (SSSR count). The van der Waals surface area contributed by atoms with Gasteiger partial charge in [0.1, 0.15) is 0 Å². The Morgan fingerprint density at radius 2 is 1.48 bits per heavy atom. The van der Waals surface area contributed by atoms with Crippen LogP contribution in [-0.4, -0.2) is 21.3 Å². The molecule has 0 fully saturated rings. The number of hydrogen-bond donors (Lipinski definition) is 0. The van der Waals surface area contributed by atoms with Crippen LogP contribution >= 0.6 is 0 Å². The summed E-state index contributed by atoms with van der Waals surface area (Å²) in [6, 6.07) is 16.5. The lowest BCUT2D eigenvalue weighted by Gasteiger charge is -2.16. The Hall–Kier alpha value is -2.17. The predicted molar refractivity (Wildman–Crippen MR) is 93.6 cm³/mol. The molecule has 0 unspecified atom stereocenters. The fourth-order valence-corrected chi connectivity index (χ4v) is 3.13. The first-order chi connectivity index (χ1) is 11.0. The third-order valence-electron chi connectivity index (χ3n) is 3.81. The van der Waals surface area contributed by atoms with E-state index in [0.717, 1.165) is 6.26 Å². The molecule has 0 aliphatic heterocycles. The summed E-state index contributed by atoms with van der Waals surface area (Å²) < 4.78 is 26.9. The van der Waals surface area contributed by atoms with Crippen molar-refractivity contribution in [2.24, 2.45) is 0 Å². The SMILES string of the molecule is CS(=O)(=O)OCC=CC1c2ccccc2C=Cc2ccccc21. The van der Waals surface area contributed by atoms with Gasteiger partial charge in [0, 0.05) is 5.92 Å². The predicted octanol–water partition coefficient (Wildman–Crippen LogP) is 3.83. The number of benzene rings is 2. The summed E-state index contributed by atoms with van der Waals surface area (Å²) >= 11 is 0. The molecule has 2 aromatic rings. The van der Waals surface area contributed by atoms with E-state index in [4.69, 9.17) is 4.18 Å². The highest BCUT2D eigenvalue weighted by atomic mass is 32.2. The summed E-state index contributed by atoms with van der Waals surface area (Å²) in [6.07, 6.45) is 9.07. The van der Waals surface area contributed by atoms with Gasteiger partial charge in [0.2, 0.25) is 0 Å². The molecule has 0 N–H and O–H groups in total. The number of fused-ring (bicyclic) bond motifs is 2. The highest BCUT2D eigenvalue weighted by Crippen LogP contribution is 2.35. The maximum atomic E-state index is 11.1. The van der Waals surface area contributed by atoms with E-state index in [1.807, 2.05) is 30.3 Å². The van der Waals surface area contributed by atoms with Gasteiger partial charge in [-0.1, -0.05) is 72.8 Å². The number of hydrogen-bond acceptors (Lipinski definition) is 3. The van der Waals surface area contributed by atoms with Crippen LogP contribution in [0.4, 0.5) is 0 Å². The molecule has 0 amide bonds. The Labute approximate surface area is 137 Å². The van der Waals surface area contributed by atoms with Crippen molar-refractivity contribution in [3.63, 3.8) is 0 Å². The molecule has 4 heteroatoms. The molecule has 1 aliphatic rings. The number of rotatable bonds is 4. The molecular weight excluding hydrogens is 308 g/mol. The van der Waals surface area contributed by atoms with Gasteiger partial charge in [-0.15, -0.1) is 0 Å². The molecule has 23 heavy (non-hydrogen) atoms. The van der Waals surface area contributed by atoms with Crippen LogP contribution in [-0.2, 0) is 14.3 Å². The lowest BCUT2D eigenvalue weighted by Crippen LogP contribution is -2.04. The van der Waals surface area contributed by atoms with Gasteiger partial charge in [-0.05, 0) is 22.3 Å². The first-order valence-corrected chi connectivity index (χ1v) is 9.23. The molecule has 1 aliphatic carbocycles. The molecule has 2 aromatic carbocycles. The van der Waals surface area contributed by atoms with Crippen molar-refractivity contribution < 1.29 is 12.6 Å². The topological polar surface area (TPSA) is 43.4 Å². The highest BCUT2D eigenvalue weighted by Gasteiger charge is 2.18. The molecule has 0 saturated heterocycles. The van der Waals surface area contributed by atoms with Gasteiger partial charge in [0.25, 0.3) is 10.1 Å². The van der Waals surface area contributed by atoms with Crippen LogP contribution in [0.5, 0.6) is 0 Å². The summed E-state index contributed by atoms with van der Waals surface area (Å²) in [5, 5.41) is 0. The van der Waals surface area contributed by atoms with E-state index in [1.54, 1.807) is 6.08 Å². The standard InChI is InChI=1S/C19H18O3S/c1-23(20,21)22-14-6-11-19-17-9-4-2-7-15(17)12-13-16-8-3-5-10-18(16)19/h2-13,19H,14H2,1H3. The first-order valence-electron chi connectivity index (χ1n) is 7.41. The van der Waals surface area contributed by atoms with Crippen molar-refractivity contribution in [3.05, 3.63) is 82.9 Å². The van der Waals surface area contributed by atoms with Crippen molar-refractivity contribution in [3.8, 4) is 0 Å². The Kier molecular flexibility index (Phi) is 4.46. The van der Waals surface area contributed by atoms with E-state index in [-0.39, 0.29) is 12.5 Å². The summed E-state index contributed by atoms with van der Waals surface area (Å²) in [5.74, 6) is 0.0700. The van der Waals surface area contributed by atoms with Crippen LogP contribution in [0.25, 0.3) is 12.2 Å². The maximum Gasteiger partial charge on any atom is 0.264 e. The molecule has 0 atom stereocenters. The van der Waals surface area contributed by atoms with Crippen molar-refractivity contribution in [2.75, 3.05) is 12.9 Å². The van der Waals surface area contributed by atoms with Gasteiger partial charge in [0.05, 0.1) is 12.9 Å². The van der Waals surface area contributed by atoms with Gasteiger partial charge in [-0.3, -0.25) is 4.18 Å². The lowest BCUT2D eigenvalue weighted by atomic mass is 9.87. The molecular formula is C19H18O3S. The monoisotopic (exact) mass is 326 g/mol. The van der Waals surface area contributed by atoms with Crippen molar-refractivity contribution in [2.45, 2.75) is 5.92 Å². The second kappa shape index (κ2) is 6.52. The molecule has 118 valence electrons. The van der Waals surface area contributed by atoms with Gasteiger partial charge in [-0.25, -0.2) is 0 Å². The van der Waals surface area contributed by atoms with E-state index in [1.165, 1.54) is 22.3 Å². The Morgan fingerprint density at radius 3 is 2.00 bits per heavy atom. The molecule has 0 aromatic heterocycles. The van der Waals surface area contributed by atoms with Gasteiger partial charge in [0.15, 0.2) is 0 Å². The molecule has 0 saturated carbocycles. The zero-order chi connectivity index (χ0) is 16.3. The Morgan fingerprint density at radius 1 is 0.957 bits per heavy atom. The third-order valence-corrected chi connectivity index (χ3v) is 4.38. The largest absolute Gasteiger partial charge is 0.266 e. The second-order valence-corrected chi connectivity index (χ2v) is 7.13. The normalized spacial score (nSPS) is 14.5. The number of allylic oxidation sites excluding steroid dienone is 1. The average Bonchev–Trinajstić information content (AvgIpc) is 2.68. The Balaban J connectivity index is 1.98. The van der Waals surface area contributed by atoms with Crippen LogP contribution in [0.3, 0.4) is 0 Å². The smallest absolute Gasteiger partial charge is 0.264 e. The van der Waals surface area contributed by atoms with Crippen molar-refractivity contribution in [1.82, 2.24) is 0 Å². The van der Waals surface area contributed by atoms with E-state index < -0.39 is 10.1 Å². The molecule has 3 nitrogen and oxygen atoms in total. The zero-order valence-electron chi connectivity index (χ0n) is 12.8. The van der Waals surface area contributed by atoms with E-state index in [2.05, 4.69) is 36.4 Å². The fourth-order valence-electron chi connectivity index (χ4n) is 2.80. The summed E-state index contributed by atoms with van der Waals surface area (Å²) in [7, 11) is -3.42. The minimum Gasteiger partial charge on any atom is -0.266 e. The zero-order valence-corrected chi connectivity index (χ0v) is 13.7. The molecule has 0 spiro atoms.